The molecule has 0 spiro atoms. The third-order valence-electron chi connectivity index (χ3n) is 4.10. The Hall–Kier alpha value is -4.10. The van der Waals surface area contributed by atoms with Gasteiger partial charge in [0, 0.05) is 6.08 Å². The van der Waals surface area contributed by atoms with Crippen molar-refractivity contribution >= 4 is 23.7 Å². The van der Waals surface area contributed by atoms with Gasteiger partial charge in [0.25, 0.3) is 0 Å². The Morgan fingerprint density at radius 2 is 1.59 bits per heavy atom. The van der Waals surface area contributed by atoms with Crippen LogP contribution >= 0.6 is 0 Å². The standard InChI is InChI=1S/C25H19NO3/c1-28-23-11-5-7-19(16-23)13-14-25(27)29-24-12-6-8-20(17-24)15-22(18-26)21-9-3-2-4-10-21/h2-17H,1H3/b14-13+,22-15-. The van der Waals surface area contributed by atoms with Gasteiger partial charge in [-0.2, -0.15) is 5.26 Å². The first-order chi connectivity index (χ1) is 14.2. The van der Waals surface area contributed by atoms with Crippen molar-refractivity contribution < 1.29 is 14.3 Å². The van der Waals surface area contributed by atoms with Gasteiger partial charge in [0.1, 0.15) is 11.5 Å². The molecule has 0 saturated carbocycles. The summed E-state index contributed by atoms with van der Waals surface area (Å²) in [6.45, 7) is 0. The first-order valence-corrected chi connectivity index (χ1v) is 8.99. The smallest absolute Gasteiger partial charge is 0.336 e. The molecule has 142 valence electrons. The molecule has 0 atom stereocenters. The molecule has 4 nitrogen and oxygen atoms in total. The largest absolute Gasteiger partial charge is 0.497 e. The van der Waals surface area contributed by atoms with E-state index >= 15 is 0 Å². The van der Waals surface area contributed by atoms with Gasteiger partial charge in [-0.1, -0.05) is 54.6 Å². The van der Waals surface area contributed by atoms with E-state index in [4.69, 9.17) is 9.47 Å². The van der Waals surface area contributed by atoms with Crippen molar-refractivity contribution in [2.24, 2.45) is 0 Å². The van der Waals surface area contributed by atoms with Gasteiger partial charge in [-0.3, -0.25) is 0 Å². The third kappa shape index (κ3) is 5.69. The summed E-state index contributed by atoms with van der Waals surface area (Å²) in [6.07, 6.45) is 4.79. The molecular weight excluding hydrogens is 362 g/mol. The highest BCUT2D eigenvalue weighted by molar-refractivity contribution is 5.90. The Kier molecular flexibility index (Phi) is 6.59. The molecule has 0 fully saturated rings. The third-order valence-corrected chi connectivity index (χ3v) is 4.10. The molecule has 0 aliphatic carbocycles. The molecule has 0 aliphatic rings. The summed E-state index contributed by atoms with van der Waals surface area (Å²) in [6, 6.07) is 26.0. The van der Waals surface area contributed by atoms with Crippen molar-refractivity contribution in [2.75, 3.05) is 7.11 Å². The molecule has 3 rings (SSSR count). The summed E-state index contributed by atoms with van der Waals surface area (Å²) < 4.78 is 10.5. The molecular formula is C25H19NO3. The number of methoxy groups -OCH3 is 1. The maximum absolute atomic E-state index is 12.1. The molecule has 0 bridgehead atoms. The number of rotatable bonds is 6. The number of ether oxygens (including phenoxy) is 2. The molecule has 0 heterocycles. The van der Waals surface area contributed by atoms with E-state index in [1.165, 1.54) is 6.08 Å². The molecule has 0 saturated heterocycles. The van der Waals surface area contributed by atoms with E-state index in [-0.39, 0.29) is 0 Å². The van der Waals surface area contributed by atoms with E-state index in [0.717, 1.165) is 16.7 Å². The van der Waals surface area contributed by atoms with Gasteiger partial charge in [-0.15, -0.1) is 0 Å². The highest BCUT2D eigenvalue weighted by Gasteiger charge is 2.04. The zero-order valence-corrected chi connectivity index (χ0v) is 15.9. The van der Waals surface area contributed by atoms with E-state index in [1.54, 1.807) is 37.5 Å². The minimum absolute atomic E-state index is 0.407. The second-order valence-corrected chi connectivity index (χ2v) is 6.14. The lowest BCUT2D eigenvalue weighted by atomic mass is 10.0. The van der Waals surface area contributed by atoms with Gasteiger partial charge in [-0.25, -0.2) is 4.79 Å². The van der Waals surface area contributed by atoms with Crippen LogP contribution in [-0.4, -0.2) is 13.1 Å². The lowest BCUT2D eigenvalue weighted by molar-refractivity contribution is -0.128. The first-order valence-electron chi connectivity index (χ1n) is 8.99. The van der Waals surface area contributed by atoms with Crippen molar-refractivity contribution in [3.05, 3.63) is 102 Å². The maximum atomic E-state index is 12.1. The molecule has 0 radical (unpaired) electrons. The summed E-state index contributed by atoms with van der Waals surface area (Å²) in [5, 5.41) is 9.45. The van der Waals surface area contributed by atoms with Crippen LogP contribution in [0.4, 0.5) is 0 Å². The van der Waals surface area contributed by atoms with Crippen molar-refractivity contribution in [3.8, 4) is 17.6 Å². The normalized spacial score (nSPS) is 11.1. The molecule has 3 aromatic carbocycles. The molecule has 0 amide bonds. The van der Waals surface area contributed by atoms with Crippen LogP contribution in [0.3, 0.4) is 0 Å². The quantitative estimate of drug-likeness (QED) is 0.189. The average Bonchev–Trinajstić information content (AvgIpc) is 2.77. The number of benzene rings is 3. The number of hydrogen-bond acceptors (Lipinski definition) is 4. The molecule has 4 heteroatoms. The number of carbonyl (C=O) groups is 1. The van der Waals surface area contributed by atoms with Gasteiger partial charge < -0.3 is 9.47 Å². The Balaban J connectivity index is 1.72. The fourth-order valence-electron chi connectivity index (χ4n) is 2.69. The summed E-state index contributed by atoms with van der Waals surface area (Å²) in [5.74, 6) is 0.633. The van der Waals surface area contributed by atoms with Gasteiger partial charge in [0.2, 0.25) is 0 Å². The molecule has 0 aromatic heterocycles. The van der Waals surface area contributed by atoms with Gasteiger partial charge >= 0.3 is 5.97 Å². The van der Waals surface area contributed by atoms with E-state index in [9.17, 15) is 10.1 Å². The average molecular weight is 381 g/mol. The summed E-state index contributed by atoms with van der Waals surface area (Å²) >= 11 is 0. The molecule has 3 aromatic rings. The van der Waals surface area contributed by atoms with E-state index in [0.29, 0.717) is 17.1 Å². The number of nitriles is 1. The fraction of sp³-hybridized carbons (Fsp3) is 0.0400. The van der Waals surface area contributed by atoms with Crippen LogP contribution in [0.2, 0.25) is 0 Å². The number of hydrogen-bond donors (Lipinski definition) is 0. The predicted octanol–water partition coefficient (Wildman–Crippen LogP) is 5.38. The summed E-state index contributed by atoms with van der Waals surface area (Å²) in [4.78, 5) is 12.1. The van der Waals surface area contributed by atoms with Crippen molar-refractivity contribution in [1.29, 1.82) is 5.26 Å². The Morgan fingerprint density at radius 3 is 2.31 bits per heavy atom. The molecule has 0 unspecified atom stereocenters. The monoisotopic (exact) mass is 381 g/mol. The second kappa shape index (κ2) is 9.72. The summed E-state index contributed by atoms with van der Waals surface area (Å²) in [5.41, 5.74) is 2.97. The van der Waals surface area contributed by atoms with E-state index in [1.807, 2.05) is 60.7 Å². The minimum atomic E-state index is -0.488. The fourth-order valence-corrected chi connectivity index (χ4v) is 2.69. The molecule has 0 N–H and O–H groups in total. The topological polar surface area (TPSA) is 59.3 Å². The summed E-state index contributed by atoms with van der Waals surface area (Å²) in [7, 11) is 1.59. The molecule has 29 heavy (non-hydrogen) atoms. The Bertz CT molecular complexity index is 1090. The lowest BCUT2D eigenvalue weighted by Crippen LogP contribution is -2.03. The van der Waals surface area contributed by atoms with Crippen LogP contribution in [0.1, 0.15) is 16.7 Å². The number of nitrogens with zero attached hydrogens (tertiary/aromatic N) is 1. The van der Waals surface area contributed by atoms with Crippen LogP contribution < -0.4 is 9.47 Å². The van der Waals surface area contributed by atoms with Crippen LogP contribution in [-0.2, 0) is 4.79 Å². The lowest BCUT2D eigenvalue weighted by Gasteiger charge is -2.04. The van der Waals surface area contributed by atoms with E-state index < -0.39 is 5.97 Å². The number of carbonyl (C=O) groups excluding carboxylic acids is 1. The number of allylic oxidation sites excluding steroid dienone is 1. The number of esters is 1. The SMILES string of the molecule is COc1cccc(/C=C/C(=O)Oc2cccc(/C=C(/C#N)c3ccccc3)c2)c1. The highest BCUT2D eigenvalue weighted by atomic mass is 16.5. The zero-order valence-electron chi connectivity index (χ0n) is 15.9. The maximum Gasteiger partial charge on any atom is 0.336 e. The minimum Gasteiger partial charge on any atom is -0.497 e. The zero-order chi connectivity index (χ0) is 20.5. The highest BCUT2D eigenvalue weighted by Crippen LogP contribution is 2.21. The van der Waals surface area contributed by atoms with Crippen molar-refractivity contribution in [3.63, 3.8) is 0 Å². The first kappa shape index (κ1) is 19.7. The van der Waals surface area contributed by atoms with Gasteiger partial charge in [0.15, 0.2) is 0 Å². The van der Waals surface area contributed by atoms with Gasteiger partial charge in [0.05, 0.1) is 18.8 Å². The van der Waals surface area contributed by atoms with E-state index in [2.05, 4.69) is 6.07 Å². The van der Waals surface area contributed by atoms with Crippen LogP contribution in [0.5, 0.6) is 11.5 Å². The molecule has 0 aliphatic heterocycles. The Morgan fingerprint density at radius 1 is 0.897 bits per heavy atom. The van der Waals surface area contributed by atoms with Gasteiger partial charge in [-0.05, 0) is 53.1 Å². The Labute approximate surface area is 170 Å². The second-order valence-electron chi connectivity index (χ2n) is 6.14. The van der Waals surface area contributed by atoms with Crippen LogP contribution in [0, 0.1) is 11.3 Å². The van der Waals surface area contributed by atoms with Crippen LogP contribution in [0.15, 0.2) is 84.9 Å². The predicted molar refractivity (Wildman–Crippen MR) is 114 cm³/mol. The van der Waals surface area contributed by atoms with Crippen LogP contribution in [0.25, 0.3) is 17.7 Å². The van der Waals surface area contributed by atoms with Crippen molar-refractivity contribution in [2.45, 2.75) is 0 Å². The van der Waals surface area contributed by atoms with Crippen molar-refractivity contribution in [1.82, 2.24) is 0 Å².